The van der Waals surface area contributed by atoms with E-state index in [1.165, 1.54) is 0 Å². The van der Waals surface area contributed by atoms with E-state index < -0.39 is 0 Å². The van der Waals surface area contributed by atoms with Crippen LogP contribution in [0.4, 0.5) is 0 Å². The number of hydrogen-bond acceptors (Lipinski definition) is 1. The van der Waals surface area contributed by atoms with E-state index in [-0.39, 0.29) is 0 Å². The first-order valence-electron chi connectivity index (χ1n) is 3.72. The van der Waals surface area contributed by atoms with Gasteiger partial charge in [0.2, 0.25) is 0 Å². The van der Waals surface area contributed by atoms with E-state index in [1.54, 1.807) is 12.3 Å². The van der Waals surface area contributed by atoms with E-state index in [9.17, 15) is 0 Å². The molecule has 0 amide bonds. The molecule has 1 aromatic heterocycles. The van der Waals surface area contributed by atoms with Gasteiger partial charge in [-0.15, -0.1) is 0 Å². The maximum absolute atomic E-state index is 7.53. The molecule has 0 spiro atoms. The number of rotatable bonds is 0. The second-order valence-electron chi connectivity index (χ2n) is 2.38. The molecule has 2 aromatic rings. The van der Waals surface area contributed by atoms with Gasteiger partial charge in [0.15, 0.2) is 0 Å². The lowest BCUT2D eigenvalue weighted by atomic mass is 10.2. The van der Waals surface area contributed by atoms with Crippen LogP contribution in [0.5, 0.6) is 0 Å². The molecule has 0 aliphatic carbocycles. The summed E-state index contributed by atoms with van der Waals surface area (Å²) in [6.07, 6.45) is 1.61. The van der Waals surface area contributed by atoms with Crippen LogP contribution in [-0.4, -0.2) is 0 Å². The highest BCUT2D eigenvalue weighted by Crippen LogP contribution is 2.15. The zero-order valence-electron chi connectivity index (χ0n) is 6.72. The smallest absolute Gasteiger partial charge is 0.133 e. The van der Waals surface area contributed by atoms with Crippen molar-refractivity contribution in [3.8, 4) is 0 Å². The van der Waals surface area contributed by atoms with Gasteiger partial charge in [0.25, 0.3) is 0 Å². The summed E-state index contributed by atoms with van der Waals surface area (Å²) in [5.74, 6) is 0. The van der Waals surface area contributed by atoms with E-state index in [0.717, 1.165) is 10.9 Å². The Morgan fingerprint density at radius 3 is 3.30 bits per heavy atom. The molecule has 1 heteroatoms. The first-order valence-corrected chi connectivity index (χ1v) is 3.22. The van der Waals surface area contributed by atoms with E-state index in [1.807, 2.05) is 19.1 Å². The second kappa shape index (κ2) is 1.87. The molecule has 10 heavy (non-hydrogen) atoms. The molecule has 50 valence electrons. The van der Waals surface area contributed by atoms with Crippen molar-refractivity contribution in [3.63, 3.8) is 0 Å². The summed E-state index contributed by atoms with van der Waals surface area (Å²) in [7, 11) is 0. The SMILES string of the molecule is [2H]c1cc(C)cc2ccoc12. The lowest BCUT2D eigenvalue weighted by Gasteiger charge is -1.89. The fourth-order valence-electron chi connectivity index (χ4n) is 1.02. The van der Waals surface area contributed by atoms with Gasteiger partial charge in [-0.2, -0.15) is 0 Å². The van der Waals surface area contributed by atoms with Crippen molar-refractivity contribution in [2.24, 2.45) is 0 Å². The van der Waals surface area contributed by atoms with Gasteiger partial charge in [0, 0.05) is 5.39 Å². The maximum atomic E-state index is 7.53. The standard InChI is InChI=1S/C9H8O/c1-7-2-3-9-8(6-7)4-5-10-9/h2-6H,1H3/i3D. The fraction of sp³-hybridized carbons (Fsp3) is 0.111. The molecule has 0 fully saturated rings. The molecule has 0 bridgehead atoms. The zero-order chi connectivity index (χ0) is 7.84. The normalized spacial score (nSPS) is 11.9. The van der Waals surface area contributed by atoms with Gasteiger partial charge in [-0.05, 0) is 25.1 Å². The molecule has 2 rings (SSSR count). The fourth-order valence-corrected chi connectivity index (χ4v) is 1.02. The van der Waals surface area contributed by atoms with Crippen LogP contribution in [0, 0.1) is 6.92 Å². The molecule has 1 aromatic carbocycles. The van der Waals surface area contributed by atoms with Gasteiger partial charge in [0.05, 0.1) is 7.63 Å². The van der Waals surface area contributed by atoms with E-state index in [4.69, 9.17) is 5.79 Å². The summed E-state index contributed by atoms with van der Waals surface area (Å²) in [4.78, 5) is 0. The van der Waals surface area contributed by atoms with Crippen LogP contribution in [0.25, 0.3) is 11.0 Å². The zero-order valence-corrected chi connectivity index (χ0v) is 5.72. The Morgan fingerprint density at radius 2 is 2.40 bits per heavy atom. The Hall–Kier alpha value is -1.24. The van der Waals surface area contributed by atoms with Crippen molar-refractivity contribution in [3.05, 3.63) is 36.1 Å². The van der Waals surface area contributed by atoms with Gasteiger partial charge in [0.1, 0.15) is 5.58 Å². The predicted octanol–water partition coefficient (Wildman–Crippen LogP) is 2.74. The number of furan rings is 1. The lowest BCUT2D eigenvalue weighted by Crippen LogP contribution is -1.67. The Morgan fingerprint density at radius 1 is 1.50 bits per heavy atom. The quantitative estimate of drug-likeness (QED) is 0.538. The third kappa shape index (κ3) is 0.711. The Balaban J connectivity index is 2.91. The molecule has 0 atom stereocenters. The molecular weight excluding hydrogens is 124 g/mol. The summed E-state index contributed by atoms with van der Waals surface area (Å²) in [6.45, 7) is 1.98. The van der Waals surface area contributed by atoms with Gasteiger partial charge >= 0.3 is 0 Å². The number of benzene rings is 1. The first-order chi connectivity index (χ1) is 5.27. The molecule has 0 radical (unpaired) electrons. The molecule has 1 heterocycles. The minimum Gasteiger partial charge on any atom is -0.464 e. The molecule has 0 saturated carbocycles. The van der Waals surface area contributed by atoms with Crippen LogP contribution in [0.1, 0.15) is 6.93 Å². The van der Waals surface area contributed by atoms with Crippen molar-refractivity contribution in [1.29, 1.82) is 0 Å². The second-order valence-corrected chi connectivity index (χ2v) is 2.38. The van der Waals surface area contributed by atoms with E-state index in [0.29, 0.717) is 11.6 Å². The van der Waals surface area contributed by atoms with Crippen molar-refractivity contribution in [1.82, 2.24) is 0 Å². The predicted molar refractivity (Wildman–Crippen MR) is 41.0 cm³/mol. The van der Waals surface area contributed by atoms with Crippen molar-refractivity contribution in [2.45, 2.75) is 6.92 Å². The number of fused-ring (bicyclic) bond motifs is 1. The van der Waals surface area contributed by atoms with Gasteiger partial charge in [-0.3, -0.25) is 0 Å². The van der Waals surface area contributed by atoms with Crippen molar-refractivity contribution < 1.29 is 5.79 Å². The molecule has 0 aliphatic heterocycles. The molecule has 0 aliphatic rings. The molecule has 0 saturated heterocycles. The number of aryl methyl sites for hydroxylation is 1. The minimum absolute atomic E-state index is 0.463. The number of hydrogen-bond donors (Lipinski definition) is 0. The molecule has 0 N–H and O–H groups in total. The van der Waals surface area contributed by atoms with Gasteiger partial charge in [-0.1, -0.05) is 11.6 Å². The molecule has 1 nitrogen and oxygen atoms in total. The van der Waals surface area contributed by atoms with Gasteiger partial charge < -0.3 is 4.42 Å². The summed E-state index contributed by atoms with van der Waals surface area (Å²) in [5, 5.41) is 1.01. The third-order valence-electron chi connectivity index (χ3n) is 1.51. The Bertz CT molecular complexity index is 389. The van der Waals surface area contributed by atoms with Crippen LogP contribution in [0.2, 0.25) is 0 Å². The van der Waals surface area contributed by atoms with Crippen molar-refractivity contribution in [2.75, 3.05) is 0 Å². The van der Waals surface area contributed by atoms with Crippen LogP contribution < -0.4 is 0 Å². The van der Waals surface area contributed by atoms with E-state index in [2.05, 4.69) is 0 Å². The summed E-state index contributed by atoms with van der Waals surface area (Å²) in [5.41, 5.74) is 1.78. The highest BCUT2D eigenvalue weighted by Gasteiger charge is 1.93. The summed E-state index contributed by atoms with van der Waals surface area (Å²) in [6, 6.07) is 6.15. The molecular formula is C9H8O. The first kappa shape index (κ1) is 4.56. The van der Waals surface area contributed by atoms with E-state index >= 15 is 0 Å². The van der Waals surface area contributed by atoms with Crippen LogP contribution in [0.15, 0.2) is 34.9 Å². The average molecular weight is 133 g/mol. The highest BCUT2D eigenvalue weighted by atomic mass is 16.3. The summed E-state index contributed by atoms with van der Waals surface area (Å²) >= 11 is 0. The maximum Gasteiger partial charge on any atom is 0.133 e. The lowest BCUT2D eigenvalue weighted by molar-refractivity contribution is 0.616. The van der Waals surface area contributed by atoms with Crippen LogP contribution in [-0.2, 0) is 0 Å². The Kier molecular flexibility index (Phi) is 0.853. The monoisotopic (exact) mass is 133 g/mol. The Labute approximate surface area is 60.7 Å². The third-order valence-corrected chi connectivity index (χ3v) is 1.51. The van der Waals surface area contributed by atoms with Crippen LogP contribution in [0.3, 0.4) is 0 Å². The summed E-state index contributed by atoms with van der Waals surface area (Å²) < 4.78 is 12.6. The topological polar surface area (TPSA) is 13.1 Å². The van der Waals surface area contributed by atoms with Gasteiger partial charge in [-0.25, -0.2) is 0 Å². The largest absolute Gasteiger partial charge is 0.464 e. The molecule has 0 unspecified atom stereocenters. The minimum atomic E-state index is 0.463. The van der Waals surface area contributed by atoms with Crippen LogP contribution >= 0.6 is 0 Å². The van der Waals surface area contributed by atoms with Crippen molar-refractivity contribution >= 4 is 11.0 Å². The highest BCUT2D eigenvalue weighted by molar-refractivity contribution is 5.77. The average Bonchev–Trinajstić information content (AvgIpc) is 2.34.